The molecule has 0 saturated heterocycles. The third-order valence-electron chi connectivity index (χ3n) is 3.40. The molecule has 7 heteroatoms. The Hall–Kier alpha value is -2.78. The lowest BCUT2D eigenvalue weighted by Gasteiger charge is -2.13. The first-order valence-electron chi connectivity index (χ1n) is 8.01. The van der Waals surface area contributed by atoms with Crippen molar-refractivity contribution in [3.63, 3.8) is 0 Å². The van der Waals surface area contributed by atoms with Crippen molar-refractivity contribution >= 4 is 17.5 Å². The van der Waals surface area contributed by atoms with E-state index in [1.807, 2.05) is 0 Å². The van der Waals surface area contributed by atoms with E-state index in [0.29, 0.717) is 42.7 Å². The van der Waals surface area contributed by atoms with Gasteiger partial charge in [0.05, 0.1) is 6.07 Å². The van der Waals surface area contributed by atoms with E-state index in [4.69, 9.17) is 26.3 Å². The zero-order valence-corrected chi connectivity index (χ0v) is 14.8. The van der Waals surface area contributed by atoms with Crippen molar-refractivity contribution in [3.05, 3.63) is 58.9 Å². The summed E-state index contributed by atoms with van der Waals surface area (Å²) in [6, 6.07) is 12.8. The first-order chi connectivity index (χ1) is 12.6. The molecule has 1 N–H and O–H groups in total. The predicted molar refractivity (Wildman–Crippen MR) is 95.8 cm³/mol. The first-order valence-corrected chi connectivity index (χ1v) is 8.39. The molecular weight excluding hydrogens is 359 g/mol. The van der Waals surface area contributed by atoms with Crippen molar-refractivity contribution < 1.29 is 18.7 Å². The summed E-state index contributed by atoms with van der Waals surface area (Å²) in [6.07, 6.45) is 0.353. The van der Waals surface area contributed by atoms with Gasteiger partial charge >= 0.3 is 0 Å². The fraction of sp³-hybridized carbons (Fsp3) is 0.263. The lowest BCUT2D eigenvalue weighted by atomic mass is 10.1. The number of hydrogen-bond donors (Lipinski definition) is 1. The summed E-state index contributed by atoms with van der Waals surface area (Å²) in [4.78, 5) is 11.3. The van der Waals surface area contributed by atoms with Crippen LogP contribution in [0.3, 0.4) is 0 Å². The third-order valence-corrected chi connectivity index (χ3v) is 3.64. The molecule has 136 valence electrons. The molecule has 0 aliphatic carbocycles. The van der Waals surface area contributed by atoms with Crippen LogP contribution in [0.15, 0.2) is 42.5 Å². The summed E-state index contributed by atoms with van der Waals surface area (Å²) in [5, 5.41) is 11.7. The zero-order chi connectivity index (χ0) is 18.8. The zero-order valence-electron chi connectivity index (χ0n) is 14.0. The molecule has 1 amide bonds. The molecule has 0 spiro atoms. The Balaban J connectivity index is 1.83. The summed E-state index contributed by atoms with van der Waals surface area (Å²) in [5.74, 6) is 0.573. The standard InChI is InChI=1S/C19H18ClFN2O3/c20-15-1-6-18(14(13-15)8-10-23-19(24)7-9-22)26-12-11-25-17-4-2-16(21)3-5-17/h1-6,13H,7-8,10-12H2,(H,23,24). The highest BCUT2D eigenvalue weighted by molar-refractivity contribution is 6.30. The smallest absolute Gasteiger partial charge is 0.234 e. The van der Waals surface area contributed by atoms with E-state index in [1.165, 1.54) is 12.1 Å². The number of ether oxygens (including phenoxy) is 2. The molecule has 5 nitrogen and oxygen atoms in total. The third kappa shape index (κ3) is 6.61. The van der Waals surface area contributed by atoms with Gasteiger partial charge in [0.1, 0.15) is 37.0 Å². The van der Waals surface area contributed by atoms with Crippen molar-refractivity contribution in [3.8, 4) is 17.6 Å². The van der Waals surface area contributed by atoms with E-state index < -0.39 is 0 Å². The van der Waals surface area contributed by atoms with E-state index in [2.05, 4.69) is 5.32 Å². The molecule has 26 heavy (non-hydrogen) atoms. The van der Waals surface area contributed by atoms with Crippen LogP contribution >= 0.6 is 11.6 Å². The second-order valence-corrected chi connectivity index (χ2v) is 5.77. The van der Waals surface area contributed by atoms with Crippen LogP contribution in [0.4, 0.5) is 4.39 Å². The molecule has 0 radical (unpaired) electrons. The number of amides is 1. The summed E-state index contributed by atoms with van der Waals surface area (Å²) < 4.78 is 24.0. The van der Waals surface area contributed by atoms with E-state index >= 15 is 0 Å². The summed E-state index contributed by atoms with van der Waals surface area (Å²) >= 11 is 6.02. The van der Waals surface area contributed by atoms with Crippen LogP contribution in [0, 0.1) is 17.1 Å². The molecule has 2 rings (SSSR count). The lowest BCUT2D eigenvalue weighted by molar-refractivity contribution is -0.120. The Morgan fingerprint density at radius 2 is 1.88 bits per heavy atom. The van der Waals surface area contributed by atoms with Gasteiger partial charge in [-0.15, -0.1) is 0 Å². The highest BCUT2D eigenvalue weighted by atomic mass is 35.5. The minimum atomic E-state index is -0.318. The average Bonchev–Trinajstić information content (AvgIpc) is 2.62. The molecular formula is C19H18ClFN2O3. The van der Waals surface area contributed by atoms with Gasteiger partial charge in [-0.1, -0.05) is 11.6 Å². The molecule has 2 aromatic rings. The van der Waals surface area contributed by atoms with Gasteiger partial charge in [-0.05, 0) is 54.4 Å². The van der Waals surface area contributed by atoms with Gasteiger partial charge in [-0.2, -0.15) is 5.26 Å². The fourth-order valence-electron chi connectivity index (χ4n) is 2.20. The largest absolute Gasteiger partial charge is 0.490 e. The predicted octanol–water partition coefficient (Wildman–Crippen LogP) is 3.51. The van der Waals surface area contributed by atoms with Gasteiger partial charge in [-0.25, -0.2) is 4.39 Å². The van der Waals surface area contributed by atoms with Crippen molar-refractivity contribution in [2.24, 2.45) is 0 Å². The normalized spacial score (nSPS) is 10.0. The summed E-state index contributed by atoms with van der Waals surface area (Å²) in [6.45, 7) is 0.975. The maximum Gasteiger partial charge on any atom is 0.234 e. The molecule has 0 atom stereocenters. The van der Waals surface area contributed by atoms with Crippen LogP contribution in [0.25, 0.3) is 0 Å². The molecule has 2 aromatic carbocycles. The number of benzene rings is 2. The fourth-order valence-corrected chi connectivity index (χ4v) is 2.39. The highest BCUT2D eigenvalue weighted by Crippen LogP contribution is 2.23. The SMILES string of the molecule is N#CCC(=O)NCCc1cc(Cl)ccc1OCCOc1ccc(F)cc1. The molecule has 0 heterocycles. The van der Waals surface area contributed by atoms with E-state index in [-0.39, 0.29) is 18.1 Å². The molecule has 0 fully saturated rings. The van der Waals surface area contributed by atoms with Gasteiger partial charge in [0.15, 0.2) is 0 Å². The van der Waals surface area contributed by atoms with E-state index in [1.54, 1.807) is 36.4 Å². The molecule has 0 aliphatic heterocycles. The molecule has 0 unspecified atom stereocenters. The van der Waals surface area contributed by atoms with Crippen LogP contribution in [0.2, 0.25) is 5.02 Å². The van der Waals surface area contributed by atoms with Crippen molar-refractivity contribution in [1.82, 2.24) is 5.32 Å². The Morgan fingerprint density at radius 3 is 2.62 bits per heavy atom. The van der Waals surface area contributed by atoms with Crippen LogP contribution in [-0.4, -0.2) is 25.7 Å². The summed E-state index contributed by atoms with van der Waals surface area (Å²) in [5.41, 5.74) is 0.844. The van der Waals surface area contributed by atoms with Crippen molar-refractivity contribution in [2.75, 3.05) is 19.8 Å². The number of carbonyl (C=O) groups is 1. The topological polar surface area (TPSA) is 71.4 Å². The second-order valence-electron chi connectivity index (χ2n) is 5.34. The van der Waals surface area contributed by atoms with Gasteiger partial charge in [0, 0.05) is 11.6 Å². The first kappa shape index (κ1) is 19.5. The number of hydrogen-bond acceptors (Lipinski definition) is 4. The minimum absolute atomic E-state index is 0.167. The number of nitrogens with one attached hydrogen (secondary N) is 1. The number of halogens is 2. The number of nitriles is 1. The van der Waals surface area contributed by atoms with Crippen LogP contribution in [-0.2, 0) is 11.2 Å². The highest BCUT2D eigenvalue weighted by Gasteiger charge is 2.07. The Morgan fingerprint density at radius 1 is 1.15 bits per heavy atom. The molecule has 0 bridgehead atoms. The quantitative estimate of drug-likeness (QED) is 0.680. The Kier molecular flexibility index (Phi) is 7.72. The van der Waals surface area contributed by atoms with Crippen molar-refractivity contribution in [2.45, 2.75) is 12.8 Å². The maximum atomic E-state index is 12.8. The van der Waals surface area contributed by atoms with Crippen LogP contribution in [0.5, 0.6) is 11.5 Å². The average molecular weight is 377 g/mol. The molecule has 0 saturated carbocycles. The van der Waals surface area contributed by atoms with Gasteiger partial charge in [-0.3, -0.25) is 4.79 Å². The van der Waals surface area contributed by atoms with E-state index in [9.17, 15) is 9.18 Å². The maximum absolute atomic E-state index is 12.8. The molecule has 0 aromatic heterocycles. The van der Waals surface area contributed by atoms with Crippen LogP contribution < -0.4 is 14.8 Å². The van der Waals surface area contributed by atoms with Gasteiger partial charge < -0.3 is 14.8 Å². The Bertz CT molecular complexity index is 775. The number of carbonyl (C=O) groups excluding carboxylic acids is 1. The monoisotopic (exact) mass is 376 g/mol. The lowest BCUT2D eigenvalue weighted by Crippen LogP contribution is -2.25. The van der Waals surface area contributed by atoms with Gasteiger partial charge in [0.2, 0.25) is 5.91 Å². The van der Waals surface area contributed by atoms with Crippen LogP contribution in [0.1, 0.15) is 12.0 Å². The van der Waals surface area contributed by atoms with Crippen molar-refractivity contribution in [1.29, 1.82) is 5.26 Å². The number of rotatable bonds is 9. The van der Waals surface area contributed by atoms with Gasteiger partial charge in [0.25, 0.3) is 0 Å². The molecule has 0 aliphatic rings. The van der Waals surface area contributed by atoms with E-state index in [0.717, 1.165) is 5.56 Å². The Labute approximate surface area is 156 Å². The minimum Gasteiger partial charge on any atom is -0.490 e. The second kappa shape index (κ2) is 10.3. The summed E-state index contributed by atoms with van der Waals surface area (Å²) in [7, 11) is 0. The number of nitrogens with zero attached hydrogens (tertiary/aromatic N) is 1.